The van der Waals surface area contributed by atoms with Crippen LogP contribution in [-0.4, -0.2) is 26.5 Å². The van der Waals surface area contributed by atoms with Crippen LogP contribution in [0.2, 0.25) is 0 Å². The van der Waals surface area contributed by atoms with E-state index in [2.05, 4.69) is 20.2 Å². The van der Waals surface area contributed by atoms with E-state index >= 15 is 0 Å². The Balaban J connectivity index is 1.83. The average Bonchev–Trinajstić information content (AvgIpc) is 3.21. The first-order valence-corrected chi connectivity index (χ1v) is 6.89. The number of hydrogen-bond donors (Lipinski definition) is 2. The molecule has 5 heteroatoms. The highest BCUT2D eigenvalue weighted by atomic mass is 16.1. The number of nitrogens with one attached hydrogen (secondary N) is 2. The zero-order chi connectivity index (χ0) is 14.9. The zero-order valence-corrected chi connectivity index (χ0v) is 11.6. The van der Waals surface area contributed by atoms with Crippen LogP contribution in [0.3, 0.4) is 0 Å². The van der Waals surface area contributed by atoms with Crippen molar-refractivity contribution in [3.05, 3.63) is 60.3 Å². The van der Waals surface area contributed by atoms with Crippen LogP contribution in [0.4, 0.5) is 0 Å². The predicted octanol–water partition coefficient (Wildman–Crippen LogP) is 3.43. The van der Waals surface area contributed by atoms with Gasteiger partial charge in [0.1, 0.15) is 12.0 Å². The molecule has 106 valence electrons. The molecule has 22 heavy (non-hydrogen) atoms. The molecule has 2 aromatic heterocycles. The number of hydrogen-bond acceptors (Lipinski definition) is 3. The lowest BCUT2D eigenvalue weighted by molar-refractivity contribution is 0.112. The number of fused-ring (bicyclic) bond motifs is 1. The Labute approximate surface area is 126 Å². The van der Waals surface area contributed by atoms with Crippen LogP contribution < -0.4 is 0 Å². The summed E-state index contributed by atoms with van der Waals surface area (Å²) in [5.41, 5.74) is 4.19. The van der Waals surface area contributed by atoms with Crippen molar-refractivity contribution >= 4 is 17.2 Å². The van der Waals surface area contributed by atoms with Crippen molar-refractivity contribution in [1.29, 1.82) is 0 Å². The monoisotopic (exact) mass is 288 g/mol. The predicted molar refractivity (Wildman–Crippen MR) is 84.5 cm³/mol. The lowest BCUT2D eigenvalue weighted by Gasteiger charge is -1.96. The molecule has 0 fully saturated rings. The molecule has 0 aliphatic carbocycles. The number of carbonyl (C=O) groups excluding carboxylic acids is 1. The fourth-order valence-corrected chi connectivity index (χ4v) is 2.49. The number of imidazole rings is 1. The van der Waals surface area contributed by atoms with Crippen molar-refractivity contribution in [2.24, 2.45) is 0 Å². The maximum absolute atomic E-state index is 11.0. The van der Waals surface area contributed by atoms with Crippen LogP contribution in [0.25, 0.3) is 33.7 Å². The number of aromatic nitrogens is 4. The number of aromatic amines is 2. The van der Waals surface area contributed by atoms with Gasteiger partial charge in [-0.25, -0.2) is 4.98 Å². The van der Waals surface area contributed by atoms with Crippen molar-refractivity contribution in [3.63, 3.8) is 0 Å². The molecule has 2 N–H and O–H groups in total. The van der Waals surface area contributed by atoms with Crippen LogP contribution in [0.15, 0.2) is 54.7 Å². The minimum atomic E-state index is 0.616. The van der Waals surface area contributed by atoms with E-state index in [0.717, 1.165) is 28.4 Å². The van der Waals surface area contributed by atoms with E-state index in [1.54, 1.807) is 12.3 Å². The van der Waals surface area contributed by atoms with E-state index in [-0.39, 0.29) is 0 Å². The summed E-state index contributed by atoms with van der Waals surface area (Å²) >= 11 is 0. The van der Waals surface area contributed by atoms with E-state index in [9.17, 15) is 4.79 Å². The van der Waals surface area contributed by atoms with Gasteiger partial charge in [-0.2, -0.15) is 5.10 Å². The molecule has 4 rings (SSSR count). The van der Waals surface area contributed by atoms with Gasteiger partial charge in [0.15, 0.2) is 5.82 Å². The quantitative estimate of drug-likeness (QED) is 0.567. The van der Waals surface area contributed by atoms with Crippen LogP contribution >= 0.6 is 0 Å². The Kier molecular flexibility index (Phi) is 2.83. The van der Waals surface area contributed by atoms with Gasteiger partial charge in [-0.1, -0.05) is 30.3 Å². The molecule has 2 heterocycles. The lowest BCUT2D eigenvalue weighted by atomic mass is 10.1. The van der Waals surface area contributed by atoms with E-state index < -0.39 is 0 Å². The third kappa shape index (κ3) is 2.00. The third-order valence-electron chi connectivity index (χ3n) is 3.61. The zero-order valence-electron chi connectivity index (χ0n) is 11.6. The van der Waals surface area contributed by atoms with Crippen LogP contribution in [-0.2, 0) is 0 Å². The summed E-state index contributed by atoms with van der Waals surface area (Å²) in [5, 5.41) is 8.15. The standard InChI is InChI=1S/C17H12N4O/c22-10-11-6-7-14-13(8-11)16(21-20-14)17-18-9-15(19-17)12-4-2-1-3-5-12/h1-10H,(H,18,19)(H,20,21). The fraction of sp³-hybridized carbons (Fsp3) is 0. The first kappa shape index (κ1) is 12.5. The van der Waals surface area contributed by atoms with E-state index in [1.807, 2.05) is 42.5 Å². The summed E-state index contributed by atoms with van der Waals surface area (Å²) in [6.45, 7) is 0. The van der Waals surface area contributed by atoms with Crippen LogP contribution in [0.5, 0.6) is 0 Å². The van der Waals surface area contributed by atoms with Crippen molar-refractivity contribution < 1.29 is 4.79 Å². The average molecular weight is 288 g/mol. The maximum atomic E-state index is 11.0. The summed E-state index contributed by atoms with van der Waals surface area (Å²) in [7, 11) is 0. The molecular weight excluding hydrogens is 276 g/mol. The molecule has 0 aliphatic heterocycles. The van der Waals surface area contributed by atoms with E-state index in [4.69, 9.17) is 0 Å². The molecule has 0 spiro atoms. The minimum Gasteiger partial charge on any atom is -0.337 e. The Hall–Kier alpha value is -3.21. The molecule has 0 saturated heterocycles. The van der Waals surface area contributed by atoms with Gasteiger partial charge in [0.05, 0.1) is 17.4 Å². The molecule has 0 amide bonds. The van der Waals surface area contributed by atoms with Crippen molar-refractivity contribution in [2.45, 2.75) is 0 Å². The molecule has 0 aliphatic rings. The highest BCUT2D eigenvalue weighted by Crippen LogP contribution is 2.26. The summed E-state index contributed by atoms with van der Waals surface area (Å²) in [4.78, 5) is 18.6. The number of aldehydes is 1. The summed E-state index contributed by atoms with van der Waals surface area (Å²) < 4.78 is 0. The highest BCUT2D eigenvalue weighted by molar-refractivity contribution is 5.95. The summed E-state index contributed by atoms with van der Waals surface area (Å²) in [5.74, 6) is 0.674. The largest absolute Gasteiger partial charge is 0.337 e. The number of H-pyrrole nitrogens is 2. The molecule has 0 unspecified atom stereocenters. The SMILES string of the molecule is O=Cc1ccc2[nH]nc(-c3ncc(-c4ccccc4)[nH]3)c2c1. The van der Waals surface area contributed by atoms with Crippen molar-refractivity contribution in [2.75, 3.05) is 0 Å². The molecule has 0 bridgehead atoms. The van der Waals surface area contributed by atoms with Crippen molar-refractivity contribution in [1.82, 2.24) is 20.2 Å². The fourth-order valence-electron chi connectivity index (χ4n) is 2.49. The lowest BCUT2D eigenvalue weighted by Crippen LogP contribution is -1.83. The Bertz CT molecular complexity index is 953. The number of benzene rings is 2. The Morgan fingerprint density at radius 3 is 2.73 bits per heavy atom. The first-order valence-electron chi connectivity index (χ1n) is 6.89. The van der Waals surface area contributed by atoms with Gasteiger partial charge in [0.25, 0.3) is 0 Å². The number of rotatable bonds is 3. The smallest absolute Gasteiger partial charge is 0.159 e. The Morgan fingerprint density at radius 2 is 1.91 bits per heavy atom. The highest BCUT2D eigenvalue weighted by Gasteiger charge is 2.12. The summed E-state index contributed by atoms with van der Waals surface area (Å²) in [6, 6.07) is 15.4. The van der Waals surface area contributed by atoms with Crippen LogP contribution in [0.1, 0.15) is 10.4 Å². The second-order valence-electron chi connectivity index (χ2n) is 5.01. The number of carbonyl (C=O) groups is 1. The van der Waals surface area contributed by atoms with Gasteiger partial charge < -0.3 is 4.98 Å². The van der Waals surface area contributed by atoms with E-state index in [0.29, 0.717) is 17.1 Å². The van der Waals surface area contributed by atoms with Gasteiger partial charge in [-0.3, -0.25) is 9.89 Å². The molecule has 2 aromatic carbocycles. The van der Waals surface area contributed by atoms with Gasteiger partial charge >= 0.3 is 0 Å². The first-order chi connectivity index (χ1) is 10.8. The van der Waals surface area contributed by atoms with Gasteiger partial charge in [0.2, 0.25) is 0 Å². The van der Waals surface area contributed by atoms with Gasteiger partial charge in [-0.05, 0) is 23.8 Å². The minimum absolute atomic E-state index is 0.616. The Morgan fingerprint density at radius 1 is 1.05 bits per heavy atom. The van der Waals surface area contributed by atoms with Crippen LogP contribution in [0, 0.1) is 0 Å². The summed E-state index contributed by atoms with van der Waals surface area (Å²) in [6.07, 6.45) is 2.61. The van der Waals surface area contributed by atoms with Crippen molar-refractivity contribution in [3.8, 4) is 22.8 Å². The number of nitrogens with zero attached hydrogens (tertiary/aromatic N) is 2. The molecule has 0 radical (unpaired) electrons. The molecule has 0 atom stereocenters. The second-order valence-corrected chi connectivity index (χ2v) is 5.01. The van der Waals surface area contributed by atoms with Gasteiger partial charge in [0, 0.05) is 10.9 Å². The van der Waals surface area contributed by atoms with E-state index in [1.165, 1.54) is 0 Å². The normalized spacial score (nSPS) is 10.9. The third-order valence-corrected chi connectivity index (χ3v) is 3.61. The molecule has 4 aromatic rings. The molecule has 5 nitrogen and oxygen atoms in total. The molecular formula is C17H12N4O. The topological polar surface area (TPSA) is 74.4 Å². The maximum Gasteiger partial charge on any atom is 0.159 e. The molecule has 0 saturated carbocycles. The second kappa shape index (κ2) is 4.96. The van der Waals surface area contributed by atoms with Gasteiger partial charge in [-0.15, -0.1) is 0 Å².